The van der Waals surface area contributed by atoms with Gasteiger partial charge in [0, 0.05) is 6.07 Å². The Bertz CT molecular complexity index is 1170. The Morgan fingerprint density at radius 1 is 1.27 bits per heavy atom. The maximum atomic E-state index is 12.1. The number of hydrogen-bond donors (Lipinski definition) is 2. The van der Waals surface area contributed by atoms with Crippen LogP contribution in [0.2, 0.25) is 0 Å². The second kappa shape index (κ2) is 9.46. The summed E-state index contributed by atoms with van der Waals surface area (Å²) in [4.78, 5) is 34.6. The van der Waals surface area contributed by atoms with Crippen LogP contribution in [0, 0.1) is 10.1 Å². The fourth-order valence-corrected chi connectivity index (χ4v) is 2.80. The standard InChI is InChI=1S/C18H22N8O7/c1-18(2,3)32-17(28)20-12(16(27)31-4)9-25-8-10(21-24-25)7-19-11-5-6-13(26(29)30)15-14(11)22-33-23-15/h5-6,8,12,19H,7,9H2,1-4H3,(H,20,28)/t12-/m0/s1. The lowest BCUT2D eigenvalue weighted by atomic mass is 10.2. The van der Waals surface area contributed by atoms with E-state index >= 15 is 0 Å². The predicted molar refractivity (Wildman–Crippen MR) is 111 cm³/mol. The molecule has 3 rings (SSSR count). The molecular weight excluding hydrogens is 440 g/mol. The first-order valence-electron chi connectivity index (χ1n) is 9.67. The fourth-order valence-electron chi connectivity index (χ4n) is 2.80. The molecule has 33 heavy (non-hydrogen) atoms. The number of nitro groups is 1. The number of carbonyl (C=O) groups is 2. The number of nitro benzene ring substituents is 1. The van der Waals surface area contributed by atoms with Crippen LogP contribution in [0.5, 0.6) is 0 Å². The number of fused-ring (bicyclic) bond motifs is 1. The van der Waals surface area contributed by atoms with Gasteiger partial charge in [0.05, 0.1) is 37.0 Å². The molecule has 3 aromatic rings. The number of nitrogens with zero attached hydrogens (tertiary/aromatic N) is 6. The van der Waals surface area contributed by atoms with Crippen molar-refractivity contribution in [3.8, 4) is 0 Å². The molecule has 0 saturated heterocycles. The minimum atomic E-state index is -1.05. The summed E-state index contributed by atoms with van der Waals surface area (Å²) in [6, 6.07) is 1.71. The SMILES string of the molecule is COC(=O)[C@H](Cn1cc(CNc2ccc([N+](=O)[O-])c3nonc23)nn1)NC(=O)OC(C)(C)C. The number of hydrogen-bond acceptors (Lipinski definition) is 12. The molecule has 0 spiro atoms. The zero-order valence-electron chi connectivity index (χ0n) is 18.3. The van der Waals surface area contributed by atoms with Crippen molar-refractivity contribution < 1.29 is 28.6 Å². The van der Waals surface area contributed by atoms with Crippen molar-refractivity contribution in [2.24, 2.45) is 0 Å². The van der Waals surface area contributed by atoms with Gasteiger partial charge in [0.2, 0.25) is 5.52 Å². The molecule has 0 unspecified atom stereocenters. The maximum absolute atomic E-state index is 12.1. The third-order valence-corrected chi connectivity index (χ3v) is 4.18. The topological polar surface area (TPSA) is 189 Å². The molecule has 0 bridgehead atoms. The summed E-state index contributed by atoms with van der Waals surface area (Å²) in [5.74, 6) is -0.678. The second-order valence-electron chi connectivity index (χ2n) is 7.86. The molecule has 0 aliphatic rings. The predicted octanol–water partition coefficient (Wildman–Crippen LogP) is 1.40. The number of non-ortho nitro benzene ring substituents is 1. The number of nitrogens with one attached hydrogen (secondary N) is 2. The average molecular weight is 462 g/mol. The van der Waals surface area contributed by atoms with Crippen LogP contribution < -0.4 is 10.6 Å². The van der Waals surface area contributed by atoms with Crippen LogP contribution in [0.25, 0.3) is 11.0 Å². The Morgan fingerprint density at radius 3 is 2.67 bits per heavy atom. The van der Waals surface area contributed by atoms with E-state index in [9.17, 15) is 19.7 Å². The summed E-state index contributed by atoms with van der Waals surface area (Å²) in [5, 5.41) is 31.8. The molecule has 2 aromatic heterocycles. The summed E-state index contributed by atoms with van der Waals surface area (Å²) in [6.45, 7) is 5.23. The van der Waals surface area contributed by atoms with E-state index in [1.807, 2.05) is 0 Å². The molecule has 1 amide bonds. The number of ether oxygens (including phenoxy) is 2. The maximum Gasteiger partial charge on any atom is 0.408 e. The van der Waals surface area contributed by atoms with E-state index in [2.05, 4.69) is 35.9 Å². The number of alkyl carbamates (subject to hydrolysis) is 1. The van der Waals surface area contributed by atoms with E-state index in [-0.39, 0.29) is 29.8 Å². The van der Waals surface area contributed by atoms with Gasteiger partial charge in [-0.3, -0.25) is 10.1 Å². The van der Waals surface area contributed by atoms with Crippen molar-refractivity contribution in [3.05, 3.63) is 34.1 Å². The van der Waals surface area contributed by atoms with Gasteiger partial charge in [0.25, 0.3) is 0 Å². The number of rotatable bonds is 8. The van der Waals surface area contributed by atoms with Crippen LogP contribution in [0.1, 0.15) is 26.5 Å². The van der Waals surface area contributed by atoms with Crippen LogP contribution >= 0.6 is 0 Å². The van der Waals surface area contributed by atoms with Gasteiger partial charge in [-0.1, -0.05) is 5.21 Å². The Balaban J connectivity index is 1.66. The van der Waals surface area contributed by atoms with Gasteiger partial charge in [-0.25, -0.2) is 18.9 Å². The molecule has 0 aliphatic heterocycles. The summed E-state index contributed by atoms with van der Waals surface area (Å²) in [7, 11) is 1.20. The summed E-state index contributed by atoms with van der Waals surface area (Å²) < 4.78 is 15.9. The molecular formula is C18H22N8O7. The van der Waals surface area contributed by atoms with Crippen molar-refractivity contribution >= 4 is 34.5 Å². The normalized spacial score (nSPS) is 12.2. The number of methoxy groups -OCH3 is 1. The van der Waals surface area contributed by atoms with Crippen LogP contribution in [-0.4, -0.2) is 61.0 Å². The van der Waals surface area contributed by atoms with Gasteiger partial charge in [-0.05, 0) is 37.2 Å². The van der Waals surface area contributed by atoms with Gasteiger partial charge in [-0.2, -0.15) is 0 Å². The van der Waals surface area contributed by atoms with E-state index in [0.717, 1.165) is 0 Å². The first-order chi connectivity index (χ1) is 15.6. The van der Waals surface area contributed by atoms with Gasteiger partial charge < -0.3 is 20.1 Å². The highest BCUT2D eigenvalue weighted by Gasteiger charge is 2.26. The Labute approximate surface area is 186 Å². The molecule has 15 nitrogen and oxygen atoms in total. The van der Waals surface area contributed by atoms with Gasteiger partial charge >= 0.3 is 17.7 Å². The minimum absolute atomic E-state index is 0.0165. The highest BCUT2D eigenvalue weighted by molar-refractivity contribution is 5.93. The van der Waals surface area contributed by atoms with Crippen molar-refractivity contribution in [1.82, 2.24) is 30.6 Å². The molecule has 0 radical (unpaired) electrons. The van der Waals surface area contributed by atoms with Gasteiger partial charge in [0.15, 0.2) is 5.52 Å². The molecule has 0 saturated carbocycles. The number of esters is 1. The average Bonchev–Trinajstić information content (AvgIpc) is 3.39. The van der Waals surface area contributed by atoms with Gasteiger partial charge in [-0.15, -0.1) is 5.10 Å². The number of aromatic nitrogens is 5. The number of anilines is 1. The lowest BCUT2D eigenvalue weighted by molar-refractivity contribution is -0.383. The minimum Gasteiger partial charge on any atom is -0.467 e. The largest absolute Gasteiger partial charge is 0.467 e. The summed E-state index contributed by atoms with van der Waals surface area (Å²) >= 11 is 0. The van der Waals surface area contributed by atoms with Gasteiger partial charge in [0.1, 0.15) is 17.3 Å². The molecule has 1 atom stereocenters. The summed E-state index contributed by atoms with van der Waals surface area (Å²) in [5.41, 5.74) is 0.185. The van der Waals surface area contributed by atoms with Crippen LogP contribution in [-0.2, 0) is 27.4 Å². The zero-order chi connectivity index (χ0) is 24.2. The third kappa shape index (κ3) is 5.90. The van der Waals surface area contributed by atoms with E-state index in [1.165, 1.54) is 23.9 Å². The lowest BCUT2D eigenvalue weighted by Crippen LogP contribution is -2.46. The Hall–Kier alpha value is -4.30. The highest BCUT2D eigenvalue weighted by Crippen LogP contribution is 2.28. The van der Waals surface area contributed by atoms with Crippen LogP contribution in [0.15, 0.2) is 23.0 Å². The molecule has 0 fully saturated rings. The van der Waals surface area contributed by atoms with E-state index in [1.54, 1.807) is 27.0 Å². The summed E-state index contributed by atoms with van der Waals surface area (Å²) in [6.07, 6.45) is 0.784. The first kappa shape index (κ1) is 23.4. The third-order valence-electron chi connectivity index (χ3n) is 4.18. The molecule has 2 heterocycles. The first-order valence-corrected chi connectivity index (χ1v) is 9.67. The van der Waals surface area contributed by atoms with Crippen molar-refractivity contribution in [3.63, 3.8) is 0 Å². The van der Waals surface area contributed by atoms with E-state index in [0.29, 0.717) is 11.4 Å². The molecule has 15 heteroatoms. The van der Waals surface area contributed by atoms with E-state index in [4.69, 9.17) is 9.47 Å². The fraction of sp³-hybridized carbons (Fsp3) is 0.444. The van der Waals surface area contributed by atoms with E-state index < -0.39 is 28.6 Å². The Kier molecular flexibility index (Phi) is 6.69. The number of carbonyl (C=O) groups excluding carboxylic acids is 2. The molecule has 0 aliphatic carbocycles. The molecule has 2 N–H and O–H groups in total. The lowest BCUT2D eigenvalue weighted by Gasteiger charge is -2.22. The number of benzene rings is 1. The quantitative estimate of drug-likeness (QED) is 0.278. The zero-order valence-corrected chi connectivity index (χ0v) is 18.3. The Morgan fingerprint density at radius 2 is 2.00 bits per heavy atom. The van der Waals surface area contributed by atoms with Crippen molar-refractivity contribution in [1.29, 1.82) is 0 Å². The van der Waals surface area contributed by atoms with Crippen molar-refractivity contribution in [2.45, 2.75) is 45.5 Å². The smallest absolute Gasteiger partial charge is 0.408 e. The van der Waals surface area contributed by atoms with Crippen LogP contribution in [0.4, 0.5) is 16.2 Å². The molecule has 176 valence electrons. The monoisotopic (exact) mass is 462 g/mol. The highest BCUT2D eigenvalue weighted by atomic mass is 16.6. The molecule has 1 aromatic carbocycles. The number of amides is 1. The van der Waals surface area contributed by atoms with Crippen molar-refractivity contribution in [2.75, 3.05) is 12.4 Å². The second-order valence-corrected chi connectivity index (χ2v) is 7.86. The van der Waals surface area contributed by atoms with Crippen LogP contribution in [0.3, 0.4) is 0 Å².